The first kappa shape index (κ1) is 20.1. The number of hydrogen-bond donors (Lipinski definition) is 1. The van der Waals surface area contributed by atoms with E-state index in [4.69, 9.17) is 13.9 Å². The predicted molar refractivity (Wildman–Crippen MR) is 105 cm³/mol. The summed E-state index contributed by atoms with van der Waals surface area (Å²) in [6.07, 6.45) is -0.110. The molecule has 1 amide bonds. The van der Waals surface area contributed by atoms with E-state index in [0.717, 1.165) is 9.15 Å². The normalized spacial score (nSPS) is 10.8. The fraction of sp³-hybridized carbons (Fsp3) is 0.294. The van der Waals surface area contributed by atoms with Crippen molar-refractivity contribution in [1.82, 2.24) is 9.78 Å². The second kappa shape index (κ2) is 8.57. The Hall–Kier alpha value is -2.66. The number of ether oxygens (including phenoxy) is 2. The van der Waals surface area contributed by atoms with Gasteiger partial charge in [0.2, 0.25) is 5.76 Å². The maximum Gasteiger partial charge on any atom is 0.435 e. The predicted octanol–water partition coefficient (Wildman–Crippen LogP) is 4.28. The van der Waals surface area contributed by atoms with Crippen molar-refractivity contribution >= 4 is 62.2 Å². The second-order valence-corrected chi connectivity index (χ2v) is 7.33. The molecule has 28 heavy (non-hydrogen) atoms. The van der Waals surface area contributed by atoms with E-state index < -0.39 is 18.0 Å². The number of anilines is 1. The van der Waals surface area contributed by atoms with Gasteiger partial charge in [-0.25, -0.2) is 9.59 Å². The quantitative estimate of drug-likeness (QED) is 0.535. The van der Waals surface area contributed by atoms with E-state index in [1.807, 2.05) is 6.92 Å². The Labute approximate surface area is 171 Å². The van der Waals surface area contributed by atoms with E-state index in [-0.39, 0.29) is 35.9 Å². The number of hydrogen-bond acceptors (Lipinski definition) is 8. The third kappa shape index (κ3) is 4.09. The van der Waals surface area contributed by atoms with Crippen molar-refractivity contribution in [3.63, 3.8) is 0 Å². The fourth-order valence-electron chi connectivity index (χ4n) is 2.28. The SMILES string of the molecule is CCCOC(=O)c1cc2c(o1)c(NC(=O)c1cc(Br)cs1)nn2C(=O)OCC. The molecule has 0 aliphatic rings. The number of rotatable bonds is 6. The highest BCUT2D eigenvalue weighted by atomic mass is 79.9. The first-order valence-electron chi connectivity index (χ1n) is 8.36. The minimum absolute atomic E-state index is 0.00730. The van der Waals surface area contributed by atoms with Gasteiger partial charge in [-0.15, -0.1) is 16.4 Å². The summed E-state index contributed by atoms with van der Waals surface area (Å²) in [5.41, 5.74) is 0.255. The summed E-state index contributed by atoms with van der Waals surface area (Å²) in [7, 11) is 0. The molecule has 1 N–H and O–H groups in total. The number of aromatic nitrogens is 2. The number of nitrogens with zero attached hydrogens (tertiary/aromatic N) is 2. The first-order chi connectivity index (χ1) is 13.4. The van der Waals surface area contributed by atoms with Crippen LogP contribution in [0.25, 0.3) is 11.1 Å². The molecule has 3 rings (SSSR count). The van der Waals surface area contributed by atoms with Gasteiger partial charge in [-0.1, -0.05) is 6.92 Å². The molecule has 0 spiro atoms. The van der Waals surface area contributed by atoms with Gasteiger partial charge in [0, 0.05) is 15.9 Å². The number of esters is 1. The number of nitrogens with one attached hydrogen (secondary N) is 1. The molecule has 9 nitrogen and oxygen atoms in total. The summed E-state index contributed by atoms with van der Waals surface area (Å²) in [6.45, 7) is 3.88. The van der Waals surface area contributed by atoms with Gasteiger partial charge in [-0.05, 0) is 35.3 Å². The number of fused-ring (bicyclic) bond motifs is 1. The molecular formula is C17H16BrN3O6S. The zero-order valence-electron chi connectivity index (χ0n) is 15.0. The largest absolute Gasteiger partial charge is 0.460 e. The van der Waals surface area contributed by atoms with Gasteiger partial charge in [-0.3, -0.25) is 4.79 Å². The Morgan fingerprint density at radius 1 is 1.29 bits per heavy atom. The molecule has 3 aromatic heterocycles. The highest BCUT2D eigenvalue weighted by Gasteiger charge is 2.25. The second-order valence-electron chi connectivity index (χ2n) is 5.50. The molecule has 3 heterocycles. The van der Waals surface area contributed by atoms with Crippen molar-refractivity contribution in [1.29, 1.82) is 0 Å². The molecule has 0 bridgehead atoms. The van der Waals surface area contributed by atoms with Gasteiger partial charge in [-0.2, -0.15) is 4.68 Å². The molecule has 0 unspecified atom stereocenters. The minimum Gasteiger partial charge on any atom is -0.460 e. The number of carbonyl (C=O) groups is 3. The van der Waals surface area contributed by atoms with E-state index in [0.29, 0.717) is 11.3 Å². The lowest BCUT2D eigenvalue weighted by atomic mass is 10.4. The van der Waals surface area contributed by atoms with Crippen LogP contribution in [0, 0.1) is 0 Å². The highest BCUT2D eigenvalue weighted by molar-refractivity contribution is 9.10. The molecule has 3 aromatic rings. The molecule has 148 valence electrons. The van der Waals surface area contributed by atoms with Gasteiger partial charge in [0.05, 0.1) is 18.1 Å². The van der Waals surface area contributed by atoms with Crippen LogP contribution in [-0.4, -0.2) is 41.0 Å². The summed E-state index contributed by atoms with van der Waals surface area (Å²) in [5.74, 6) is -1.22. The molecular weight excluding hydrogens is 454 g/mol. The van der Waals surface area contributed by atoms with E-state index in [1.54, 1.807) is 18.4 Å². The molecule has 0 aromatic carbocycles. The van der Waals surface area contributed by atoms with Gasteiger partial charge in [0.1, 0.15) is 5.52 Å². The Kier molecular flexibility index (Phi) is 6.15. The minimum atomic E-state index is -0.763. The van der Waals surface area contributed by atoms with Gasteiger partial charge in [0.25, 0.3) is 5.91 Å². The number of halogens is 1. The Bertz CT molecular complexity index is 1040. The summed E-state index contributed by atoms with van der Waals surface area (Å²) in [6, 6.07) is 2.98. The topological polar surface area (TPSA) is 113 Å². The smallest absolute Gasteiger partial charge is 0.435 e. The van der Waals surface area contributed by atoms with Crippen LogP contribution in [0.5, 0.6) is 0 Å². The molecule has 0 aliphatic heterocycles. The molecule has 0 saturated heterocycles. The Morgan fingerprint density at radius 3 is 2.71 bits per heavy atom. The van der Waals surface area contributed by atoms with Crippen LogP contribution in [0.15, 0.2) is 26.4 Å². The van der Waals surface area contributed by atoms with Crippen molar-refractivity contribution in [2.24, 2.45) is 0 Å². The number of amides is 1. The molecule has 0 atom stereocenters. The standard InChI is InChI=1S/C17H16BrN3O6S/c1-3-5-26-16(23)11-7-10-13(27-11)14(20-21(10)17(24)25-4-2)19-15(22)12-6-9(18)8-28-12/h6-8H,3-5H2,1-2H3,(H,19,20,22). The third-order valence-corrected chi connectivity index (χ3v) is 5.15. The van der Waals surface area contributed by atoms with Crippen molar-refractivity contribution in [3.8, 4) is 0 Å². The van der Waals surface area contributed by atoms with E-state index >= 15 is 0 Å². The monoisotopic (exact) mass is 469 g/mol. The lowest BCUT2D eigenvalue weighted by molar-refractivity contribution is 0.0471. The summed E-state index contributed by atoms with van der Waals surface area (Å²) in [5, 5.41) is 8.41. The zero-order chi connectivity index (χ0) is 20.3. The number of carbonyl (C=O) groups excluding carboxylic acids is 3. The van der Waals surface area contributed by atoms with Crippen molar-refractivity contribution in [2.45, 2.75) is 20.3 Å². The Balaban J connectivity index is 1.98. The summed E-state index contributed by atoms with van der Waals surface area (Å²) >= 11 is 4.52. The van der Waals surface area contributed by atoms with Gasteiger partial charge < -0.3 is 19.2 Å². The highest BCUT2D eigenvalue weighted by Crippen LogP contribution is 2.29. The molecule has 0 radical (unpaired) electrons. The maximum atomic E-state index is 12.4. The van der Waals surface area contributed by atoms with Crippen LogP contribution >= 0.6 is 27.3 Å². The number of thiophene rings is 1. The molecule has 0 saturated carbocycles. The van der Waals surface area contributed by atoms with Crippen LogP contribution in [0.2, 0.25) is 0 Å². The molecule has 0 fully saturated rings. The van der Waals surface area contributed by atoms with Crippen LogP contribution in [-0.2, 0) is 9.47 Å². The van der Waals surface area contributed by atoms with Gasteiger partial charge in [0.15, 0.2) is 11.4 Å². The maximum absolute atomic E-state index is 12.4. The first-order valence-corrected chi connectivity index (χ1v) is 10.0. The van der Waals surface area contributed by atoms with E-state index in [1.165, 1.54) is 17.4 Å². The zero-order valence-corrected chi connectivity index (χ0v) is 17.4. The summed E-state index contributed by atoms with van der Waals surface area (Å²) < 4.78 is 17.2. The van der Waals surface area contributed by atoms with Crippen LogP contribution in [0.4, 0.5) is 10.6 Å². The number of furan rings is 1. The van der Waals surface area contributed by atoms with E-state index in [2.05, 4.69) is 26.3 Å². The van der Waals surface area contributed by atoms with Crippen molar-refractivity contribution in [3.05, 3.63) is 32.6 Å². The fourth-order valence-corrected chi connectivity index (χ4v) is 3.60. The lowest BCUT2D eigenvalue weighted by Crippen LogP contribution is -2.16. The molecule has 0 aliphatic carbocycles. The average Bonchev–Trinajstić information content (AvgIpc) is 3.36. The molecule has 11 heteroatoms. The summed E-state index contributed by atoms with van der Waals surface area (Å²) in [4.78, 5) is 37.1. The van der Waals surface area contributed by atoms with E-state index in [9.17, 15) is 14.4 Å². The van der Waals surface area contributed by atoms with Gasteiger partial charge >= 0.3 is 12.1 Å². The lowest BCUT2D eigenvalue weighted by Gasteiger charge is -2.02. The van der Waals surface area contributed by atoms with Crippen LogP contribution < -0.4 is 5.32 Å². The van der Waals surface area contributed by atoms with Crippen LogP contribution in [0.3, 0.4) is 0 Å². The van der Waals surface area contributed by atoms with Crippen molar-refractivity contribution in [2.75, 3.05) is 18.5 Å². The van der Waals surface area contributed by atoms with Crippen molar-refractivity contribution < 1.29 is 28.3 Å². The average molecular weight is 470 g/mol. The third-order valence-electron chi connectivity index (χ3n) is 3.46. The Morgan fingerprint density at radius 2 is 2.07 bits per heavy atom. The van der Waals surface area contributed by atoms with Crippen LogP contribution in [0.1, 0.15) is 40.5 Å².